The van der Waals surface area contributed by atoms with Crippen LogP contribution in [0.5, 0.6) is 0 Å². The SMILES string of the molecule is Cc1onc(C(=O)O)c1-c1cc(Cl)ccc1F. The molecule has 6 heteroatoms. The first-order valence-corrected chi connectivity index (χ1v) is 5.03. The van der Waals surface area contributed by atoms with E-state index in [2.05, 4.69) is 5.16 Å². The number of aromatic nitrogens is 1. The highest BCUT2D eigenvalue weighted by molar-refractivity contribution is 6.30. The summed E-state index contributed by atoms with van der Waals surface area (Å²) in [6, 6.07) is 3.88. The Labute approximate surface area is 101 Å². The molecule has 0 aliphatic carbocycles. The molecule has 1 aromatic carbocycles. The van der Waals surface area contributed by atoms with Gasteiger partial charge in [-0.05, 0) is 25.1 Å². The van der Waals surface area contributed by atoms with Crippen molar-refractivity contribution in [1.29, 1.82) is 0 Å². The minimum absolute atomic E-state index is 0.0636. The Morgan fingerprint density at radius 1 is 1.53 bits per heavy atom. The molecule has 1 aromatic heterocycles. The van der Waals surface area contributed by atoms with Gasteiger partial charge in [-0.25, -0.2) is 9.18 Å². The summed E-state index contributed by atoms with van der Waals surface area (Å²) in [5.41, 5.74) is -0.158. The molecule has 1 N–H and O–H groups in total. The summed E-state index contributed by atoms with van der Waals surface area (Å²) in [5.74, 6) is -1.64. The second-order valence-electron chi connectivity index (χ2n) is 3.39. The molecule has 0 bridgehead atoms. The third-order valence-corrected chi connectivity index (χ3v) is 2.50. The molecule has 4 nitrogen and oxygen atoms in total. The van der Waals surface area contributed by atoms with Crippen molar-refractivity contribution in [3.63, 3.8) is 0 Å². The summed E-state index contributed by atoms with van der Waals surface area (Å²) in [7, 11) is 0. The minimum atomic E-state index is -1.28. The Balaban J connectivity index is 2.71. The van der Waals surface area contributed by atoms with Crippen molar-refractivity contribution in [2.24, 2.45) is 0 Å². The minimum Gasteiger partial charge on any atom is -0.476 e. The third kappa shape index (κ3) is 2.01. The Hall–Kier alpha value is -1.88. The van der Waals surface area contributed by atoms with Gasteiger partial charge in [0.15, 0.2) is 5.69 Å². The van der Waals surface area contributed by atoms with Crippen LogP contribution in [0, 0.1) is 12.7 Å². The molecule has 0 saturated heterocycles. The van der Waals surface area contributed by atoms with Gasteiger partial charge in [0.05, 0.1) is 5.56 Å². The van der Waals surface area contributed by atoms with Gasteiger partial charge in [0.1, 0.15) is 11.6 Å². The van der Waals surface area contributed by atoms with Gasteiger partial charge in [0, 0.05) is 10.6 Å². The number of hydrogen-bond acceptors (Lipinski definition) is 3. The Morgan fingerprint density at radius 2 is 2.24 bits per heavy atom. The van der Waals surface area contributed by atoms with E-state index in [0.717, 1.165) is 6.07 Å². The van der Waals surface area contributed by atoms with Crippen LogP contribution >= 0.6 is 11.6 Å². The normalized spacial score (nSPS) is 10.5. The number of benzene rings is 1. The molecule has 0 saturated carbocycles. The Kier molecular flexibility index (Phi) is 2.85. The van der Waals surface area contributed by atoms with Gasteiger partial charge in [0.25, 0.3) is 0 Å². The molecule has 2 aromatic rings. The van der Waals surface area contributed by atoms with E-state index >= 15 is 0 Å². The van der Waals surface area contributed by atoms with Crippen molar-refractivity contribution in [3.8, 4) is 11.1 Å². The molecule has 0 atom stereocenters. The first-order valence-electron chi connectivity index (χ1n) is 4.65. The molecule has 1 heterocycles. The first-order chi connectivity index (χ1) is 8.00. The predicted octanol–water partition coefficient (Wildman–Crippen LogP) is 3.14. The van der Waals surface area contributed by atoms with Crippen molar-refractivity contribution in [1.82, 2.24) is 5.16 Å². The van der Waals surface area contributed by atoms with E-state index in [-0.39, 0.29) is 22.6 Å². The zero-order valence-electron chi connectivity index (χ0n) is 8.70. The van der Waals surface area contributed by atoms with Gasteiger partial charge in [-0.3, -0.25) is 0 Å². The summed E-state index contributed by atoms with van der Waals surface area (Å²) in [6.45, 7) is 1.51. The molecule has 0 spiro atoms. The first kappa shape index (κ1) is 11.6. The lowest BCUT2D eigenvalue weighted by atomic mass is 10.0. The smallest absolute Gasteiger partial charge is 0.358 e. The Bertz CT molecular complexity index is 594. The monoisotopic (exact) mass is 255 g/mol. The van der Waals surface area contributed by atoms with Crippen molar-refractivity contribution >= 4 is 17.6 Å². The fourth-order valence-corrected chi connectivity index (χ4v) is 1.70. The summed E-state index contributed by atoms with van der Waals surface area (Å²) >= 11 is 5.75. The number of carboxylic acid groups (broad SMARTS) is 1. The highest BCUT2D eigenvalue weighted by Gasteiger charge is 2.22. The van der Waals surface area contributed by atoms with E-state index in [0.29, 0.717) is 5.02 Å². The molecule has 2 rings (SSSR count). The maximum Gasteiger partial charge on any atom is 0.358 e. The summed E-state index contributed by atoms with van der Waals surface area (Å²) in [5, 5.41) is 12.6. The molecular formula is C11H7ClFNO3. The third-order valence-electron chi connectivity index (χ3n) is 2.26. The molecule has 0 amide bonds. The van der Waals surface area contributed by atoms with Crippen LogP contribution in [0.1, 0.15) is 16.2 Å². The lowest BCUT2D eigenvalue weighted by Crippen LogP contribution is -2.00. The number of halogens is 2. The van der Waals surface area contributed by atoms with Crippen LogP contribution < -0.4 is 0 Å². The van der Waals surface area contributed by atoms with E-state index in [4.69, 9.17) is 21.2 Å². The van der Waals surface area contributed by atoms with Crippen LogP contribution in [0.2, 0.25) is 5.02 Å². The number of hydrogen-bond donors (Lipinski definition) is 1. The Morgan fingerprint density at radius 3 is 2.88 bits per heavy atom. The van der Waals surface area contributed by atoms with Gasteiger partial charge < -0.3 is 9.63 Å². The largest absolute Gasteiger partial charge is 0.476 e. The van der Waals surface area contributed by atoms with Crippen molar-refractivity contribution in [3.05, 3.63) is 40.5 Å². The van der Waals surface area contributed by atoms with Crippen LogP contribution in [0.3, 0.4) is 0 Å². The highest BCUT2D eigenvalue weighted by Crippen LogP contribution is 2.31. The van der Waals surface area contributed by atoms with Crippen LogP contribution in [0.15, 0.2) is 22.7 Å². The number of nitrogens with zero attached hydrogens (tertiary/aromatic N) is 1. The number of rotatable bonds is 2. The van der Waals surface area contributed by atoms with E-state index < -0.39 is 11.8 Å². The van der Waals surface area contributed by atoms with Gasteiger partial charge in [-0.15, -0.1) is 0 Å². The van der Waals surface area contributed by atoms with E-state index in [1.807, 2.05) is 0 Å². The fraction of sp³-hybridized carbons (Fsp3) is 0.0909. The summed E-state index contributed by atoms with van der Waals surface area (Å²) in [4.78, 5) is 10.9. The van der Waals surface area contributed by atoms with E-state index in [9.17, 15) is 9.18 Å². The van der Waals surface area contributed by atoms with Crippen molar-refractivity contribution in [2.75, 3.05) is 0 Å². The average molecular weight is 256 g/mol. The van der Waals surface area contributed by atoms with Crippen LogP contribution in [-0.2, 0) is 0 Å². The molecular weight excluding hydrogens is 249 g/mol. The predicted molar refractivity (Wildman–Crippen MR) is 58.6 cm³/mol. The second-order valence-corrected chi connectivity index (χ2v) is 3.83. The van der Waals surface area contributed by atoms with Gasteiger partial charge >= 0.3 is 5.97 Å². The number of carbonyl (C=O) groups is 1. The lowest BCUT2D eigenvalue weighted by Gasteiger charge is -2.02. The highest BCUT2D eigenvalue weighted by atomic mass is 35.5. The number of carboxylic acids is 1. The second kappa shape index (κ2) is 4.18. The van der Waals surface area contributed by atoms with Crippen LogP contribution in [0.4, 0.5) is 4.39 Å². The average Bonchev–Trinajstić information content (AvgIpc) is 2.64. The number of aromatic carboxylic acids is 1. The molecule has 0 aliphatic rings. The van der Waals surface area contributed by atoms with Crippen LogP contribution in [0.25, 0.3) is 11.1 Å². The maximum absolute atomic E-state index is 13.6. The molecule has 88 valence electrons. The molecule has 0 radical (unpaired) electrons. The van der Waals surface area contributed by atoms with Crippen molar-refractivity contribution in [2.45, 2.75) is 6.92 Å². The number of aryl methyl sites for hydroxylation is 1. The topological polar surface area (TPSA) is 63.3 Å². The summed E-state index contributed by atoms with van der Waals surface area (Å²) < 4.78 is 18.4. The summed E-state index contributed by atoms with van der Waals surface area (Å²) in [6.07, 6.45) is 0. The molecule has 0 aliphatic heterocycles. The molecule has 0 fully saturated rings. The quantitative estimate of drug-likeness (QED) is 0.895. The van der Waals surface area contributed by atoms with Gasteiger partial charge in [0.2, 0.25) is 0 Å². The van der Waals surface area contributed by atoms with Crippen LogP contribution in [-0.4, -0.2) is 16.2 Å². The van der Waals surface area contributed by atoms with Gasteiger partial charge in [-0.2, -0.15) is 0 Å². The lowest BCUT2D eigenvalue weighted by molar-refractivity contribution is 0.0686. The molecule has 17 heavy (non-hydrogen) atoms. The van der Waals surface area contributed by atoms with E-state index in [1.54, 1.807) is 0 Å². The zero-order valence-corrected chi connectivity index (χ0v) is 9.45. The fourth-order valence-electron chi connectivity index (χ4n) is 1.52. The zero-order chi connectivity index (χ0) is 12.6. The molecule has 0 unspecified atom stereocenters. The maximum atomic E-state index is 13.6. The van der Waals surface area contributed by atoms with E-state index in [1.165, 1.54) is 19.1 Å². The van der Waals surface area contributed by atoms with Gasteiger partial charge in [-0.1, -0.05) is 16.8 Å². The van der Waals surface area contributed by atoms with Crippen molar-refractivity contribution < 1.29 is 18.8 Å². The standard InChI is InChI=1S/C11H7ClFNO3/c1-5-9(10(11(15)16)14-17-5)7-4-6(12)2-3-8(7)13/h2-4H,1H3,(H,15,16).